The van der Waals surface area contributed by atoms with Crippen LogP contribution >= 0.6 is 23.2 Å². The molecule has 0 spiro atoms. The average molecular weight is 607 g/mol. The van der Waals surface area contributed by atoms with Crippen LogP contribution in [0.3, 0.4) is 0 Å². The summed E-state index contributed by atoms with van der Waals surface area (Å²) in [5.41, 5.74) is 2.58. The van der Waals surface area contributed by atoms with Gasteiger partial charge in [-0.05, 0) is 61.5 Å². The maximum absolute atomic E-state index is 13.4. The van der Waals surface area contributed by atoms with Gasteiger partial charge >= 0.3 is 6.09 Å². The molecule has 1 fully saturated rings. The van der Waals surface area contributed by atoms with Crippen LogP contribution in [0, 0.1) is 5.41 Å². The Hall–Kier alpha value is -2.10. The highest BCUT2D eigenvalue weighted by atomic mass is 35.5. The molecular weight excluding hydrogens is 565 g/mol. The van der Waals surface area contributed by atoms with Gasteiger partial charge in [0.1, 0.15) is 6.61 Å². The van der Waals surface area contributed by atoms with Gasteiger partial charge in [0.2, 0.25) is 0 Å². The Kier molecular flexibility index (Phi) is 9.89. The van der Waals surface area contributed by atoms with Crippen molar-refractivity contribution < 1.29 is 19.1 Å². The Balaban J connectivity index is 1.53. The number of aliphatic hydroxyl groups is 1. The summed E-state index contributed by atoms with van der Waals surface area (Å²) in [5, 5.41) is 12.2. The van der Waals surface area contributed by atoms with Crippen molar-refractivity contribution in [1.82, 2.24) is 14.5 Å². The minimum atomic E-state index is -2.07. The predicted molar refractivity (Wildman–Crippen MR) is 163 cm³/mol. The minimum absolute atomic E-state index is 0.139. The number of benzene rings is 2. The predicted octanol–water partition coefficient (Wildman–Crippen LogP) is 7.53. The van der Waals surface area contributed by atoms with Crippen LogP contribution in [0.25, 0.3) is 11.0 Å². The topological polar surface area (TPSA) is 76.8 Å². The van der Waals surface area contributed by atoms with Crippen LogP contribution in [0.15, 0.2) is 48.8 Å². The third kappa shape index (κ3) is 8.23. The first-order chi connectivity index (χ1) is 18.8. The third-order valence-corrected chi connectivity index (χ3v) is 10.7. The largest absolute Gasteiger partial charge is 0.445 e. The van der Waals surface area contributed by atoms with E-state index in [4.69, 9.17) is 32.4 Å². The summed E-state index contributed by atoms with van der Waals surface area (Å²) in [6.07, 6.45) is 2.39. The first-order valence-corrected chi connectivity index (χ1v) is 17.8. The summed E-state index contributed by atoms with van der Waals surface area (Å²) in [6.45, 7) is 12.2. The fourth-order valence-electron chi connectivity index (χ4n) is 5.97. The number of aromatic nitrogens is 2. The van der Waals surface area contributed by atoms with Crippen molar-refractivity contribution in [1.29, 1.82) is 0 Å². The SMILES string of the molecule is CC(C)(C)C[Si](C)(C)O[C@H]1CCCN(C(=O)OCc2ccccc2)[C@@H]1CC(O)Cn1cnc2cc(Cl)c(Cl)cc21. The van der Waals surface area contributed by atoms with Gasteiger partial charge in [-0.25, -0.2) is 9.78 Å². The molecular formula is C30H41Cl2N3O4Si. The zero-order valence-electron chi connectivity index (χ0n) is 24.1. The molecule has 0 radical (unpaired) electrons. The van der Waals surface area contributed by atoms with E-state index in [1.165, 1.54) is 0 Å². The highest BCUT2D eigenvalue weighted by Gasteiger charge is 2.41. The number of carbonyl (C=O) groups excluding carboxylic acids is 1. The second-order valence-corrected chi connectivity index (χ2v) is 17.6. The van der Waals surface area contributed by atoms with E-state index in [1.807, 2.05) is 34.9 Å². The number of ether oxygens (including phenoxy) is 1. The number of amides is 1. The quantitative estimate of drug-likeness (QED) is 0.255. The second kappa shape index (κ2) is 12.8. The maximum atomic E-state index is 13.4. The molecule has 7 nitrogen and oxygen atoms in total. The number of imidazole rings is 1. The highest BCUT2D eigenvalue weighted by molar-refractivity contribution is 6.71. The summed E-state index contributed by atoms with van der Waals surface area (Å²) in [6, 6.07) is 13.8. The molecule has 40 heavy (non-hydrogen) atoms. The van der Waals surface area contributed by atoms with Crippen molar-refractivity contribution in [3.05, 3.63) is 64.4 Å². The highest BCUT2D eigenvalue weighted by Crippen LogP contribution is 2.34. The average Bonchev–Trinajstić information content (AvgIpc) is 3.23. The second-order valence-electron chi connectivity index (χ2n) is 12.6. The summed E-state index contributed by atoms with van der Waals surface area (Å²) < 4.78 is 14.5. The van der Waals surface area contributed by atoms with Crippen LogP contribution in [0.4, 0.5) is 4.79 Å². The van der Waals surface area contributed by atoms with Crippen LogP contribution in [0.1, 0.15) is 45.6 Å². The molecule has 4 rings (SSSR count). The van der Waals surface area contributed by atoms with Gasteiger partial charge in [0.15, 0.2) is 8.32 Å². The lowest BCUT2D eigenvalue weighted by atomic mass is 9.94. The van der Waals surface area contributed by atoms with Crippen LogP contribution in [0.2, 0.25) is 29.2 Å². The molecule has 1 aliphatic heterocycles. The molecule has 3 aromatic rings. The molecule has 1 aromatic heterocycles. The minimum Gasteiger partial charge on any atom is -0.445 e. The van der Waals surface area contributed by atoms with Gasteiger partial charge in [-0.1, -0.05) is 74.3 Å². The standard InChI is InChI=1S/C30H41Cl2N3O4Si/c1-30(2,3)19-40(4,5)39-28-12-9-13-35(29(37)38-18-21-10-7-6-8-11-21)27(28)14-22(36)17-34-20-33-25-15-23(31)24(32)16-26(25)34/h6-8,10-11,15-16,20,22,27-28,36H,9,12-14,17-19H2,1-5H3/t22?,27-,28+/m1/s1. The zero-order chi connectivity index (χ0) is 29.1. The number of hydrogen-bond donors (Lipinski definition) is 1. The van der Waals surface area contributed by atoms with Crippen LogP contribution in [-0.2, 0) is 22.3 Å². The Labute approximate surface area is 248 Å². The van der Waals surface area contributed by atoms with E-state index < -0.39 is 14.4 Å². The van der Waals surface area contributed by atoms with Gasteiger partial charge in [-0.3, -0.25) is 0 Å². The molecule has 1 N–H and O–H groups in total. The van der Waals surface area contributed by atoms with E-state index >= 15 is 0 Å². The maximum Gasteiger partial charge on any atom is 0.410 e. The van der Waals surface area contributed by atoms with Crippen LogP contribution in [-0.4, -0.2) is 58.8 Å². The van der Waals surface area contributed by atoms with E-state index in [9.17, 15) is 9.90 Å². The van der Waals surface area contributed by atoms with E-state index in [2.05, 4.69) is 38.8 Å². The van der Waals surface area contributed by atoms with E-state index in [0.717, 1.165) is 30.0 Å². The van der Waals surface area contributed by atoms with Gasteiger partial charge in [0, 0.05) is 6.54 Å². The zero-order valence-corrected chi connectivity index (χ0v) is 26.6. The molecule has 1 amide bonds. The Morgan fingerprint density at radius 3 is 2.58 bits per heavy atom. The summed E-state index contributed by atoms with van der Waals surface area (Å²) >= 11 is 12.4. The molecule has 1 unspecified atom stereocenters. The van der Waals surface area contributed by atoms with E-state index in [-0.39, 0.29) is 30.3 Å². The number of nitrogens with zero attached hydrogens (tertiary/aromatic N) is 3. The van der Waals surface area contributed by atoms with Gasteiger partial charge in [-0.2, -0.15) is 0 Å². The molecule has 1 saturated heterocycles. The third-order valence-electron chi connectivity index (χ3n) is 7.17. The molecule has 218 valence electrons. The Bertz CT molecular complexity index is 1300. The lowest BCUT2D eigenvalue weighted by Crippen LogP contribution is -2.56. The molecule has 1 aliphatic rings. The van der Waals surface area contributed by atoms with Crippen molar-refractivity contribution in [2.45, 2.75) is 90.6 Å². The molecule has 0 saturated carbocycles. The summed E-state index contributed by atoms with van der Waals surface area (Å²) in [7, 11) is -2.07. The van der Waals surface area contributed by atoms with E-state index in [1.54, 1.807) is 23.4 Å². The lowest BCUT2D eigenvalue weighted by molar-refractivity contribution is -0.0118. The summed E-state index contributed by atoms with van der Waals surface area (Å²) in [5.74, 6) is 0. The van der Waals surface area contributed by atoms with Gasteiger partial charge in [0.25, 0.3) is 0 Å². The Morgan fingerprint density at radius 2 is 1.88 bits per heavy atom. The summed E-state index contributed by atoms with van der Waals surface area (Å²) in [4.78, 5) is 19.6. The van der Waals surface area contributed by atoms with Crippen LogP contribution < -0.4 is 0 Å². The Morgan fingerprint density at radius 1 is 1.18 bits per heavy atom. The van der Waals surface area contributed by atoms with Gasteiger partial charge in [-0.15, -0.1) is 0 Å². The van der Waals surface area contributed by atoms with Gasteiger partial charge < -0.3 is 23.7 Å². The first kappa shape index (κ1) is 30.8. The number of carbonyl (C=O) groups is 1. The fourth-order valence-corrected chi connectivity index (χ4v) is 10.0. The molecule has 2 aromatic carbocycles. The monoisotopic (exact) mass is 605 g/mol. The van der Waals surface area contributed by atoms with E-state index in [0.29, 0.717) is 35.1 Å². The van der Waals surface area contributed by atoms with Crippen molar-refractivity contribution in [3.63, 3.8) is 0 Å². The molecule has 2 heterocycles. The first-order valence-electron chi connectivity index (χ1n) is 13.9. The molecule has 3 atom stereocenters. The smallest absolute Gasteiger partial charge is 0.410 e. The number of rotatable bonds is 9. The number of fused-ring (bicyclic) bond motifs is 1. The number of hydrogen-bond acceptors (Lipinski definition) is 5. The van der Waals surface area contributed by atoms with Crippen molar-refractivity contribution in [2.75, 3.05) is 6.54 Å². The van der Waals surface area contributed by atoms with Crippen LogP contribution in [0.5, 0.6) is 0 Å². The molecule has 0 aliphatic carbocycles. The van der Waals surface area contributed by atoms with Crippen molar-refractivity contribution in [3.8, 4) is 0 Å². The molecule has 0 bridgehead atoms. The normalized spacial score (nSPS) is 19.1. The number of halogens is 2. The lowest BCUT2D eigenvalue weighted by Gasteiger charge is -2.45. The number of likely N-dealkylation sites (tertiary alicyclic amines) is 1. The van der Waals surface area contributed by atoms with Crippen molar-refractivity contribution in [2.24, 2.45) is 5.41 Å². The molecule has 10 heteroatoms. The van der Waals surface area contributed by atoms with Crippen molar-refractivity contribution >= 4 is 48.6 Å². The number of piperidine rings is 1. The number of aliphatic hydroxyl groups excluding tert-OH is 1. The van der Waals surface area contributed by atoms with Gasteiger partial charge in [0.05, 0.1) is 52.2 Å². The fraction of sp³-hybridized carbons (Fsp3) is 0.533.